The summed E-state index contributed by atoms with van der Waals surface area (Å²) >= 11 is 0. The number of ether oxygens (including phenoxy) is 1. The standard InChI is InChI=1S/C21H20FN3O5/c1-24-13-17(16-10-15(25(28)29)5-6-18(16)22)20(11-21(24)27)30-9-3-2-4-14-7-8-23-12-19(14)26/h5-8,10-13,26H,2-4,9H2,1H3. The lowest BCUT2D eigenvalue weighted by Crippen LogP contribution is -2.16. The zero-order valence-electron chi connectivity index (χ0n) is 16.2. The van der Waals surface area contributed by atoms with Crippen LogP contribution >= 0.6 is 0 Å². The smallest absolute Gasteiger partial charge is 0.270 e. The van der Waals surface area contributed by atoms with E-state index in [1.54, 1.807) is 12.3 Å². The summed E-state index contributed by atoms with van der Waals surface area (Å²) in [6.07, 6.45) is 6.34. The number of non-ortho nitro benzene ring substituents is 1. The monoisotopic (exact) mass is 413 g/mol. The number of hydrogen-bond donors (Lipinski definition) is 1. The summed E-state index contributed by atoms with van der Waals surface area (Å²) in [5, 5.41) is 20.8. The van der Waals surface area contributed by atoms with Gasteiger partial charge < -0.3 is 14.4 Å². The molecule has 2 heterocycles. The molecule has 156 valence electrons. The maximum absolute atomic E-state index is 14.4. The number of nitrogens with zero attached hydrogens (tertiary/aromatic N) is 3. The van der Waals surface area contributed by atoms with Crippen LogP contribution in [0.25, 0.3) is 11.1 Å². The third-order valence-electron chi connectivity index (χ3n) is 4.63. The molecule has 0 aliphatic rings. The number of unbranched alkanes of at least 4 members (excludes halogenated alkanes) is 1. The Hall–Kier alpha value is -3.75. The highest BCUT2D eigenvalue weighted by Gasteiger charge is 2.17. The molecule has 30 heavy (non-hydrogen) atoms. The number of halogens is 1. The molecule has 2 aromatic heterocycles. The van der Waals surface area contributed by atoms with Crippen molar-refractivity contribution in [2.45, 2.75) is 19.3 Å². The Morgan fingerprint density at radius 1 is 1.23 bits per heavy atom. The minimum absolute atomic E-state index is 0.0171. The van der Waals surface area contributed by atoms with E-state index in [0.717, 1.165) is 23.8 Å². The summed E-state index contributed by atoms with van der Waals surface area (Å²) in [6, 6.07) is 6.19. The molecule has 3 aromatic rings. The quantitative estimate of drug-likeness (QED) is 0.343. The Balaban J connectivity index is 1.76. The molecule has 3 rings (SSSR count). The third kappa shape index (κ3) is 4.80. The lowest BCUT2D eigenvalue weighted by atomic mass is 10.0. The first-order valence-electron chi connectivity index (χ1n) is 9.26. The summed E-state index contributed by atoms with van der Waals surface area (Å²) < 4.78 is 21.4. The Kier molecular flexibility index (Phi) is 6.41. The van der Waals surface area contributed by atoms with Gasteiger partial charge in [0.05, 0.1) is 17.7 Å². The maximum Gasteiger partial charge on any atom is 0.270 e. The largest absolute Gasteiger partial charge is 0.506 e. The van der Waals surface area contributed by atoms with Crippen LogP contribution in [-0.4, -0.2) is 26.2 Å². The van der Waals surface area contributed by atoms with Crippen molar-refractivity contribution in [2.75, 3.05) is 6.61 Å². The lowest BCUT2D eigenvalue weighted by Gasteiger charge is -2.13. The number of pyridine rings is 2. The molecule has 8 nitrogen and oxygen atoms in total. The molecular formula is C21H20FN3O5. The van der Waals surface area contributed by atoms with Crippen molar-refractivity contribution < 1.29 is 19.2 Å². The Morgan fingerprint density at radius 2 is 2.03 bits per heavy atom. The maximum atomic E-state index is 14.4. The summed E-state index contributed by atoms with van der Waals surface area (Å²) in [5.74, 6) is -0.366. The minimum atomic E-state index is -0.655. The summed E-state index contributed by atoms with van der Waals surface area (Å²) in [6.45, 7) is 0.253. The molecule has 9 heteroatoms. The Labute approximate surface area is 171 Å². The second-order valence-corrected chi connectivity index (χ2v) is 6.73. The SMILES string of the molecule is Cn1cc(-c2cc([N+](=O)[O-])ccc2F)c(OCCCCc2ccncc2O)cc1=O. The second kappa shape index (κ2) is 9.17. The summed E-state index contributed by atoms with van der Waals surface area (Å²) in [5.41, 5.74) is 0.407. The minimum Gasteiger partial charge on any atom is -0.506 e. The van der Waals surface area contributed by atoms with Crippen LogP contribution in [0.15, 0.2) is 53.7 Å². The van der Waals surface area contributed by atoms with Crippen molar-refractivity contribution in [1.82, 2.24) is 9.55 Å². The molecule has 0 fully saturated rings. The van der Waals surface area contributed by atoms with Gasteiger partial charge in [-0.25, -0.2) is 4.39 Å². The predicted molar refractivity (Wildman–Crippen MR) is 108 cm³/mol. The van der Waals surface area contributed by atoms with Crippen LogP contribution in [0.4, 0.5) is 10.1 Å². The van der Waals surface area contributed by atoms with Gasteiger partial charge in [0, 0.05) is 48.8 Å². The molecule has 0 unspecified atom stereocenters. The van der Waals surface area contributed by atoms with Crippen LogP contribution in [0.3, 0.4) is 0 Å². The van der Waals surface area contributed by atoms with E-state index in [9.17, 15) is 24.4 Å². The van der Waals surface area contributed by atoms with E-state index in [4.69, 9.17) is 4.74 Å². The van der Waals surface area contributed by atoms with Crippen LogP contribution in [-0.2, 0) is 13.5 Å². The molecule has 0 amide bonds. The van der Waals surface area contributed by atoms with Gasteiger partial charge in [0.1, 0.15) is 17.3 Å². The van der Waals surface area contributed by atoms with Crippen molar-refractivity contribution in [3.8, 4) is 22.6 Å². The fourth-order valence-electron chi connectivity index (χ4n) is 2.99. The van der Waals surface area contributed by atoms with E-state index >= 15 is 0 Å². The van der Waals surface area contributed by atoms with Crippen LogP contribution in [0, 0.1) is 15.9 Å². The highest BCUT2D eigenvalue weighted by molar-refractivity contribution is 5.72. The van der Waals surface area contributed by atoms with Crippen LogP contribution in [0.2, 0.25) is 0 Å². The molecule has 0 saturated carbocycles. The molecular weight excluding hydrogens is 393 g/mol. The van der Waals surface area contributed by atoms with E-state index in [0.29, 0.717) is 19.3 Å². The van der Waals surface area contributed by atoms with Crippen molar-refractivity contribution >= 4 is 5.69 Å². The number of aromatic nitrogens is 2. The van der Waals surface area contributed by atoms with Gasteiger partial charge in [0.2, 0.25) is 0 Å². The van der Waals surface area contributed by atoms with Gasteiger partial charge in [0.25, 0.3) is 11.2 Å². The van der Waals surface area contributed by atoms with E-state index in [2.05, 4.69) is 4.98 Å². The van der Waals surface area contributed by atoms with Gasteiger partial charge in [0.15, 0.2) is 0 Å². The first kappa shape index (κ1) is 21.0. The van der Waals surface area contributed by atoms with Gasteiger partial charge in [-0.05, 0) is 37.0 Å². The van der Waals surface area contributed by atoms with Gasteiger partial charge in [-0.15, -0.1) is 0 Å². The normalized spacial score (nSPS) is 10.7. The second-order valence-electron chi connectivity index (χ2n) is 6.73. The molecule has 0 saturated heterocycles. The van der Waals surface area contributed by atoms with Crippen molar-refractivity contribution in [3.63, 3.8) is 0 Å². The van der Waals surface area contributed by atoms with Crippen LogP contribution in [0.1, 0.15) is 18.4 Å². The summed E-state index contributed by atoms with van der Waals surface area (Å²) in [7, 11) is 1.51. The third-order valence-corrected chi connectivity index (χ3v) is 4.63. The first-order chi connectivity index (χ1) is 14.4. The average molecular weight is 413 g/mol. The van der Waals surface area contributed by atoms with E-state index in [-0.39, 0.29) is 40.5 Å². The van der Waals surface area contributed by atoms with Crippen molar-refractivity contribution in [2.24, 2.45) is 7.05 Å². The number of rotatable bonds is 8. The number of benzene rings is 1. The summed E-state index contributed by atoms with van der Waals surface area (Å²) in [4.78, 5) is 26.3. The lowest BCUT2D eigenvalue weighted by molar-refractivity contribution is -0.384. The predicted octanol–water partition coefficient (Wildman–Crippen LogP) is 3.60. The van der Waals surface area contributed by atoms with Crippen LogP contribution in [0.5, 0.6) is 11.5 Å². The van der Waals surface area contributed by atoms with E-state index in [1.165, 1.54) is 30.1 Å². The number of aryl methyl sites for hydroxylation is 2. The Morgan fingerprint density at radius 3 is 2.77 bits per heavy atom. The number of aromatic hydroxyl groups is 1. The van der Waals surface area contributed by atoms with Crippen molar-refractivity contribution in [1.29, 1.82) is 0 Å². The average Bonchev–Trinajstić information content (AvgIpc) is 2.71. The number of hydrogen-bond acceptors (Lipinski definition) is 6. The Bertz CT molecular complexity index is 1130. The molecule has 0 aliphatic carbocycles. The molecule has 0 aliphatic heterocycles. The fraction of sp³-hybridized carbons (Fsp3) is 0.238. The molecule has 0 spiro atoms. The van der Waals surface area contributed by atoms with E-state index < -0.39 is 10.7 Å². The van der Waals surface area contributed by atoms with Gasteiger partial charge >= 0.3 is 0 Å². The van der Waals surface area contributed by atoms with Crippen LogP contribution < -0.4 is 10.3 Å². The highest BCUT2D eigenvalue weighted by Crippen LogP contribution is 2.33. The highest BCUT2D eigenvalue weighted by atomic mass is 19.1. The molecule has 0 bridgehead atoms. The zero-order valence-corrected chi connectivity index (χ0v) is 16.2. The molecule has 1 N–H and O–H groups in total. The molecule has 0 atom stereocenters. The molecule has 0 radical (unpaired) electrons. The fourth-order valence-corrected chi connectivity index (χ4v) is 2.99. The zero-order chi connectivity index (χ0) is 21.7. The van der Waals surface area contributed by atoms with E-state index in [1.807, 2.05) is 0 Å². The molecule has 1 aromatic carbocycles. The van der Waals surface area contributed by atoms with Crippen molar-refractivity contribution in [3.05, 3.63) is 80.8 Å². The van der Waals surface area contributed by atoms with Gasteiger partial charge in [-0.1, -0.05) is 0 Å². The van der Waals surface area contributed by atoms with Gasteiger partial charge in [-0.3, -0.25) is 19.9 Å². The van der Waals surface area contributed by atoms with Gasteiger partial charge in [-0.2, -0.15) is 0 Å². The topological polar surface area (TPSA) is 107 Å². The number of nitro benzene ring substituents is 1. The number of nitro groups is 1. The first-order valence-corrected chi connectivity index (χ1v) is 9.26.